The molecular formula is C8H9BrClNO2. The van der Waals surface area contributed by atoms with Crippen molar-refractivity contribution in [2.45, 2.75) is 6.54 Å². The van der Waals surface area contributed by atoms with E-state index in [4.69, 9.17) is 16.0 Å². The van der Waals surface area contributed by atoms with E-state index in [2.05, 4.69) is 15.9 Å². The summed E-state index contributed by atoms with van der Waals surface area (Å²) in [5, 5.41) is 0. The van der Waals surface area contributed by atoms with Crippen molar-refractivity contribution < 1.29 is 9.21 Å². The number of carbonyl (C=O) groups excluding carboxylic acids is 1. The number of alkyl halides is 1. The van der Waals surface area contributed by atoms with E-state index in [1.165, 1.54) is 4.90 Å². The molecule has 0 fully saturated rings. The molecule has 5 heteroatoms. The van der Waals surface area contributed by atoms with Gasteiger partial charge in [0, 0.05) is 7.05 Å². The average Bonchev–Trinajstić information content (AvgIpc) is 2.49. The van der Waals surface area contributed by atoms with Crippen molar-refractivity contribution in [1.82, 2.24) is 4.90 Å². The van der Waals surface area contributed by atoms with Crippen LogP contribution in [0.3, 0.4) is 0 Å². The normalized spacial score (nSPS) is 10.1. The molecule has 3 nitrogen and oxygen atoms in total. The summed E-state index contributed by atoms with van der Waals surface area (Å²) < 4.78 is 5.89. The first-order chi connectivity index (χ1) is 6.13. The fourth-order valence-corrected chi connectivity index (χ4v) is 1.40. The Bertz CT molecular complexity index is 300. The van der Waals surface area contributed by atoms with Crippen LogP contribution in [0.1, 0.15) is 5.76 Å². The Morgan fingerprint density at radius 3 is 2.85 bits per heavy atom. The number of amides is 1. The molecule has 0 N–H and O–H groups in total. The molecule has 0 atom stereocenters. The summed E-state index contributed by atoms with van der Waals surface area (Å²) >= 11 is 8.57. The van der Waals surface area contributed by atoms with Crippen LogP contribution in [0.2, 0.25) is 0 Å². The van der Waals surface area contributed by atoms with Crippen molar-refractivity contribution in [3.8, 4) is 0 Å². The van der Waals surface area contributed by atoms with Gasteiger partial charge in [-0.15, -0.1) is 11.6 Å². The molecule has 1 aromatic heterocycles. The molecule has 0 radical (unpaired) electrons. The monoisotopic (exact) mass is 265 g/mol. The average molecular weight is 267 g/mol. The van der Waals surface area contributed by atoms with Gasteiger partial charge in [-0.2, -0.15) is 0 Å². The molecular weight excluding hydrogens is 257 g/mol. The molecule has 0 unspecified atom stereocenters. The van der Waals surface area contributed by atoms with Crippen LogP contribution in [-0.2, 0) is 11.3 Å². The van der Waals surface area contributed by atoms with Crippen molar-refractivity contribution >= 4 is 33.4 Å². The molecule has 0 aliphatic heterocycles. The molecule has 0 saturated carbocycles. The molecule has 0 aromatic carbocycles. The second-order valence-electron chi connectivity index (χ2n) is 2.59. The first-order valence-electron chi connectivity index (χ1n) is 3.67. The number of hydrogen-bond acceptors (Lipinski definition) is 2. The first kappa shape index (κ1) is 10.6. The van der Waals surface area contributed by atoms with E-state index in [9.17, 15) is 4.79 Å². The summed E-state index contributed by atoms with van der Waals surface area (Å²) in [7, 11) is 1.68. The second kappa shape index (κ2) is 4.67. The smallest absolute Gasteiger partial charge is 0.237 e. The minimum Gasteiger partial charge on any atom is -0.452 e. The zero-order chi connectivity index (χ0) is 9.84. The fourth-order valence-electron chi connectivity index (χ4n) is 0.861. The zero-order valence-electron chi connectivity index (χ0n) is 7.09. The van der Waals surface area contributed by atoms with Gasteiger partial charge in [-0.25, -0.2) is 0 Å². The van der Waals surface area contributed by atoms with Crippen LogP contribution in [0.4, 0.5) is 0 Å². The van der Waals surface area contributed by atoms with Gasteiger partial charge in [-0.1, -0.05) is 0 Å². The van der Waals surface area contributed by atoms with E-state index in [1.54, 1.807) is 13.1 Å². The van der Waals surface area contributed by atoms with Crippen LogP contribution in [0.15, 0.2) is 21.2 Å². The third-order valence-electron chi connectivity index (χ3n) is 1.56. The van der Waals surface area contributed by atoms with Crippen molar-refractivity contribution in [3.63, 3.8) is 0 Å². The Balaban J connectivity index is 2.54. The van der Waals surface area contributed by atoms with Crippen molar-refractivity contribution in [3.05, 3.63) is 22.6 Å². The standard InChI is InChI=1S/C8H9BrClNO2/c1-11(8(12)4-10)5-6-2-3-7(9)13-6/h2-3H,4-5H2,1H3. The van der Waals surface area contributed by atoms with Crippen LogP contribution >= 0.6 is 27.5 Å². The maximum absolute atomic E-state index is 11.1. The summed E-state index contributed by atoms with van der Waals surface area (Å²) in [5.74, 6) is 0.611. The summed E-state index contributed by atoms with van der Waals surface area (Å²) in [6.45, 7) is 0.442. The molecule has 0 bridgehead atoms. The maximum Gasteiger partial charge on any atom is 0.237 e. The lowest BCUT2D eigenvalue weighted by molar-refractivity contribution is -0.127. The van der Waals surface area contributed by atoms with Gasteiger partial charge in [0.15, 0.2) is 4.67 Å². The second-order valence-corrected chi connectivity index (χ2v) is 3.64. The van der Waals surface area contributed by atoms with Crippen molar-refractivity contribution in [2.75, 3.05) is 12.9 Å². The first-order valence-corrected chi connectivity index (χ1v) is 5.00. The number of hydrogen-bond donors (Lipinski definition) is 0. The lowest BCUT2D eigenvalue weighted by atomic mass is 10.4. The Morgan fingerprint density at radius 2 is 2.38 bits per heavy atom. The number of rotatable bonds is 3. The van der Waals surface area contributed by atoms with Crippen LogP contribution < -0.4 is 0 Å². The highest BCUT2D eigenvalue weighted by atomic mass is 79.9. The molecule has 1 rings (SSSR count). The van der Waals surface area contributed by atoms with Crippen LogP contribution in [-0.4, -0.2) is 23.7 Å². The molecule has 0 spiro atoms. The number of furan rings is 1. The highest BCUT2D eigenvalue weighted by Gasteiger charge is 2.09. The fraction of sp³-hybridized carbons (Fsp3) is 0.375. The lowest BCUT2D eigenvalue weighted by Crippen LogP contribution is -2.26. The van der Waals surface area contributed by atoms with Gasteiger partial charge in [-0.3, -0.25) is 4.79 Å². The van der Waals surface area contributed by atoms with E-state index in [0.29, 0.717) is 11.2 Å². The van der Waals surface area contributed by atoms with Crippen molar-refractivity contribution in [1.29, 1.82) is 0 Å². The predicted molar refractivity (Wildman–Crippen MR) is 53.6 cm³/mol. The zero-order valence-corrected chi connectivity index (χ0v) is 9.43. The molecule has 72 valence electrons. The SMILES string of the molecule is CN(Cc1ccc(Br)o1)C(=O)CCl. The van der Waals surface area contributed by atoms with Gasteiger partial charge in [0.2, 0.25) is 5.91 Å². The predicted octanol–water partition coefficient (Wildman–Crippen LogP) is 2.24. The third-order valence-corrected chi connectivity index (χ3v) is 2.22. The molecule has 0 aliphatic carbocycles. The summed E-state index contributed by atoms with van der Waals surface area (Å²) in [6, 6.07) is 3.59. The molecule has 13 heavy (non-hydrogen) atoms. The Morgan fingerprint density at radius 1 is 1.69 bits per heavy atom. The van der Waals surface area contributed by atoms with Gasteiger partial charge in [0.25, 0.3) is 0 Å². The van der Waals surface area contributed by atoms with Gasteiger partial charge in [0.05, 0.1) is 6.54 Å². The van der Waals surface area contributed by atoms with E-state index in [1.807, 2.05) is 6.07 Å². The number of nitrogens with zero attached hydrogens (tertiary/aromatic N) is 1. The van der Waals surface area contributed by atoms with Crippen LogP contribution in [0, 0.1) is 0 Å². The van der Waals surface area contributed by atoms with E-state index in [-0.39, 0.29) is 11.8 Å². The molecule has 1 heterocycles. The Labute approximate surface area is 89.8 Å². The topological polar surface area (TPSA) is 33.5 Å². The maximum atomic E-state index is 11.1. The minimum absolute atomic E-state index is 0.00161. The number of halogens is 2. The highest BCUT2D eigenvalue weighted by molar-refractivity contribution is 9.10. The quantitative estimate of drug-likeness (QED) is 0.786. The van der Waals surface area contributed by atoms with Gasteiger partial charge in [0.1, 0.15) is 11.6 Å². The molecule has 1 aromatic rings. The van der Waals surface area contributed by atoms with E-state index in [0.717, 1.165) is 5.76 Å². The van der Waals surface area contributed by atoms with Gasteiger partial charge < -0.3 is 9.32 Å². The van der Waals surface area contributed by atoms with E-state index < -0.39 is 0 Å². The highest BCUT2D eigenvalue weighted by Crippen LogP contribution is 2.15. The van der Waals surface area contributed by atoms with Crippen LogP contribution in [0.25, 0.3) is 0 Å². The largest absolute Gasteiger partial charge is 0.452 e. The summed E-state index contributed by atoms with van der Waals surface area (Å²) in [6.07, 6.45) is 0. The van der Waals surface area contributed by atoms with Crippen LogP contribution in [0.5, 0.6) is 0 Å². The van der Waals surface area contributed by atoms with E-state index >= 15 is 0 Å². The number of carbonyl (C=O) groups is 1. The molecule has 0 saturated heterocycles. The Hall–Kier alpha value is -0.480. The third kappa shape index (κ3) is 3.04. The molecule has 0 aliphatic rings. The summed E-state index contributed by atoms with van der Waals surface area (Å²) in [5.41, 5.74) is 0. The van der Waals surface area contributed by atoms with Gasteiger partial charge in [-0.05, 0) is 28.1 Å². The minimum atomic E-state index is -0.116. The Kier molecular flexibility index (Phi) is 3.81. The molecule has 1 amide bonds. The summed E-state index contributed by atoms with van der Waals surface area (Å²) in [4.78, 5) is 12.6. The van der Waals surface area contributed by atoms with Crippen molar-refractivity contribution in [2.24, 2.45) is 0 Å². The van der Waals surface area contributed by atoms with Gasteiger partial charge >= 0.3 is 0 Å². The lowest BCUT2D eigenvalue weighted by Gasteiger charge is -2.13.